The number of fused-ring (bicyclic) bond motifs is 1. The number of hydrogen-bond donors (Lipinski definition) is 1. The van der Waals surface area contributed by atoms with Gasteiger partial charge in [0.05, 0.1) is 10.5 Å². The molecule has 1 N–H and O–H groups in total. The molecule has 0 aliphatic carbocycles. The number of amides is 3. The number of imide groups is 1. The predicted octanol–water partition coefficient (Wildman–Crippen LogP) is 3.42. The van der Waals surface area contributed by atoms with Crippen LogP contribution in [0.1, 0.15) is 38.5 Å². The van der Waals surface area contributed by atoms with Crippen molar-refractivity contribution in [1.29, 1.82) is 0 Å². The van der Waals surface area contributed by atoms with Crippen molar-refractivity contribution in [3.63, 3.8) is 0 Å². The number of nitrogens with zero attached hydrogens (tertiary/aromatic N) is 4. The zero-order valence-electron chi connectivity index (χ0n) is 18.3. The molecule has 0 saturated carbocycles. The molecular formula is C23H19N5O6. The second-order valence-corrected chi connectivity index (χ2v) is 7.58. The molecule has 2 heterocycles. The van der Waals surface area contributed by atoms with Crippen LogP contribution in [0.15, 0.2) is 48.5 Å². The highest BCUT2D eigenvalue weighted by Crippen LogP contribution is 2.30. The van der Waals surface area contributed by atoms with Gasteiger partial charge in [0.15, 0.2) is 0 Å². The minimum absolute atomic E-state index is 0.0389. The summed E-state index contributed by atoms with van der Waals surface area (Å²) in [5.41, 5.74) is 1.32. The summed E-state index contributed by atoms with van der Waals surface area (Å²) in [5, 5.41) is 13.9. The zero-order chi connectivity index (χ0) is 24.4. The summed E-state index contributed by atoms with van der Waals surface area (Å²) in [6.07, 6.45) is -0.173. The van der Waals surface area contributed by atoms with E-state index < -0.39 is 28.3 Å². The Kier molecular flexibility index (Phi) is 6.00. The number of carbonyl (C=O) groups excluding carboxylic acids is 3. The van der Waals surface area contributed by atoms with Crippen LogP contribution in [0.5, 0.6) is 11.8 Å². The van der Waals surface area contributed by atoms with Gasteiger partial charge in [-0.3, -0.25) is 29.4 Å². The molecule has 1 aliphatic heterocycles. The smallest absolute Gasteiger partial charge is 0.322 e. The van der Waals surface area contributed by atoms with Crippen LogP contribution in [0.4, 0.5) is 11.4 Å². The number of nitro groups is 1. The lowest BCUT2D eigenvalue weighted by molar-refractivity contribution is -0.385. The van der Waals surface area contributed by atoms with Crippen LogP contribution in [0.2, 0.25) is 0 Å². The molecule has 3 aromatic rings. The molecule has 1 aliphatic rings. The summed E-state index contributed by atoms with van der Waals surface area (Å²) in [4.78, 5) is 57.2. The maximum atomic E-state index is 12.6. The van der Waals surface area contributed by atoms with Crippen molar-refractivity contribution in [3.05, 3.63) is 81.2 Å². The number of ether oxygens (including phenoxy) is 1. The van der Waals surface area contributed by atoms with E-state index >= 15 is 0 Å². The summed E-state index contributed by atoms with van der Waals surface area (Å²) >= 11 is 0. The van der Waals surface area contributed by atoms with E-state index in [1.807, 2.05) is 19.9 Å². The van der Waals surface area contributed by atoms with Gasteiger partial charge in [-0.25, -0.2) is 9.97 Å². The van der Waals surface area contributed by atoms with Gasteiger partial charge in [0.1, 0.15) is 11.3 Å². The molecule has 0 atom stereocenters. The Hall–Kier alpha value is -4.67. The van der Waals surface area contributed by atoms with Crippen LogP contribution in [-0.2, 0) is 4.79 Å². The maximum Gasteiger partial charge on any atom is 0.322 e. The average Bonchev–Trinajstić information content (AvgIpc) is 3.02. The molecule has 11 nitrogen and oxygen atoms in total. The van der Waals surface area contributed by atoms with E-state index in [1.54, 1.807) is 24.3 Å². The Labute approximate surface area is 193 Å². The Morgan fingerprint density at radius 3 is 2.38 bits per heavy atom. The van der Waals surface area contributed by atoms with E-state index in [0.29, 0.717) is 11.4 Å². The van der Waals surface area contributed by atoms with Crippen LogP contribution < -0.4 is 10.1 Å². The fourth-order valence-electron chi connectivity index (χ4n) is 3.56. The molecule has 1 aromatic heterocycles. The van der Waals surface area contributed by atoms with Crippen molar-refractivity contribution >= 4 is 29.1 Å². The Morgan fingerprint density at radius 2 is 1.74 bits per heavy atom. The Bertz CT molecular complexity index is 1300. The molecule has 11 heteroatoms. The number of benzene rings is 2. The summed E-state index contributed by atoms with van der Waals surface area (Å²) in [7, 11) is 0. The number of carbonyl (C=O) groups is 3. The lowest BCUT2D eigenvalue weighted by Crippen LogP contribution is -2.33. The average molecular weight is 461 g/mol. The molecule has 0 bridgehead atoms. The van der Waals surface area contributed by atoms with E-state index in [2.05, 4.69) is 15.3 Å². The minimum atomic E-state index is -0.782. The van der Waals surface area contributed by atoms with Gasteiger partial charge in [0, 0.05) is 36.1 Å². The van der Waals surface area contributed by atoms with Crippen LogP contribution in [0, 0.1) is 24.0 Å². The number of rotatable bonds is 7. The molecule has 0 fully saturated rings. The van der Waals surface area contributed by atoms with Crippen LogP contribution in [-0.4, -0.2) is 44.1 Å². The van der Waals surface area contributed by atoms with Crippen molar-refractivity contribution in [2.24, 2.45) is 0 Å². The van der Waals surface area contributed by atoms with E-state index in [0.717, 1.165) is 16.3 Å². The standard InChI is InChI=1S/C23H19N5O6/c1-13-12-14(2)25-23(24-13)34-16-8-6-15(7-9-16)26-19(29)10-11-27-21(30)17-4-3-5-18(28(32)33)20(17)22(27)31/h3-9,12H,10-11H2,1-2H3,(H,26,29). The highest BCUT2D eigenvalue weighted by Gasteiger charge is 2.40. The maximum absolute atomic E-state index is 12.6. The van der Waals surface area contributed by atoms with E-state index in [9.17, 15) is 24.5 Å². The minimum Gasteiger partial charge on any atom is -0.424 e. The molecule has 0 spiro atoms. The number of anilines is 1. The Balaban J connectivity index is 1.35. The summed E-state index contributed by atoms with van der Waals surface area (Å²) in [6.45, 7) is 3.47. The van der Waals surface area contributed by atoms with Crippen LogP contribution >= 0.6 is 0 Å². The van der Waals surface area contributed by atoms with Gasteiger partial charge in [-0.05, 0) is 50.2 Å². The predicted molar refractivity (Wildman–Crippen MR) is 120 cm³/mol. The second kappa shape index (κ2) is 9.06. The van der Waals surface area contributed by atoms with Gasteiger partial charge in [0.25, 0.3) is 17.5 Å². The summed E-state index contributed by atoms with van der Waals surface area (Å²) < 4.78 is 5.63. The third-order valence-electron chi connectivity index (χ3n) is 5.05. The molecular weight excluding hydrogens is 442 g/mol. The van der Waals surface area contributed by atoms with Gasteiger partial charge in [-0.2, -0.15) is 0 Å². The SMILES string of the molecule is Cc1cc(C)nc(Oc2ccc(NC(=O)CCN3C(=O)c4cccc([N+](=O)[O-])c4C3=O)cc2)n1. The lowest BCUT2D eigenvalue weighted by Gasteiger charge is -2.13. The van der Waals surface area contributed by atoms with Crippen LogP contribution in [0.25, 0.3) is 0 Å². The monoisotopic (exact) mass is 461 g/mol. The highest BCUT2D eigenvalue weighted by atomic mass is 16.6. The normalized spacial score (nSPS) is 12.5. The molecule has 172 valence electrons. The van der Waals surface area contributed by atoms with E-state index in [-0.39, 0.29) is 30.1 Å². The zero-order valence-corrected chi connectivity index (χ0v) is 18.3. The van der Waals surface area contributed by atoms with E-state index in [4.69, 9.17) is 4.74 Å². The summed E-state index contributed by atoms with van der Waals surface area (Å²) in [6, 6.07) is 12.4. The first kappa shape index (κ1) is 22.5. The first-order valence-electron chi connectivity index (χ1n) is 10.3. The van der Waals surface area contributed by atoms with Gasteiger partial charge >= 0.3 is 6.01 Å². The third-order valence-corrected chi connectivity index (χ3v) is 5.05. The largest absolute Gasteiger partial charge is 0.424 e. The van der Waals surface area contributed by atoms with Crippen LogP contribution in [0.3, 0.4) is 0 Å². The van der Waals surface area contributed by atoms with Crippen molar-refractivity contribution in [2.45, 2.75) is 20.3 Å². The molecule has 2 aromatic carbocycles. The first-order valence-corrected chi connectivity index (χ1v) is 10.3. The Morgan fingerprint density at radius 1 is 1.06 bits per heavy atom. The van der Waals surface area contributed by atoms with Crippen molar-refractivity contribution < 1.29 is 24.0 Å². The first-order chi connectivity index (χ1) is 16.2. The fourth-order valence-corrected chi connectivity index (χ4v) is 3.56. The van der Waals surface area contributed by atoms with Gasteiger partial charge in [-0.1, -0.05) is 6.07 Å². The quantitative estimate of drug-likeness (QED) is 0.320. The molecule has 0 saturated heterocycles. The number of hydrogen-bond acceptors (Lipinski definition) is 8. The third kappa shape index (κ3) is 4.58. The topological polar surface area (TPSA) is 145 Å². The molecule has 0 radical (unpaired) electrons. The second-order valence-electron chi connectivity index (χ2n) is 7.58. The molecule has 4 rings (SSSR count). The lowest BCUT2D eigenvalue weighted by atomic mass is 10.1. The number of aromatic nitrogens is 2. The fraction of sp³-hybridized carbons (Fsp3) is 0.174. The van der Waals surface area contributed by atoms with Gasteiger partial charge in [0.2, 0.25) is 5.91 Å². The van der Waals surface area contributed by atoms with Crippen molar-refractivity contribution in [1.82, 2.24) is 14.9 Å². The molecule has 0 unspecified atom stereocenters. The summed E-state index contributed by atoms with van der Waals surface area (Å²) in [5.74, 6) is -1.39. The number of aryl methyl sites for hydroxylation is 2. The van der Waals surface area contributed by atoms with Crippen molar-refractivity contribution in [2.75, 3.05) is 11.9 Å². The van der Waals surface area contributed by atoms with Gasteiger partial charge < -0.3 is 10.1 Å². The van der Waals surface area contributed by atoms with E-state index in [1.165, 1.54) is 18.2 Å². The van der Waals surface area contributed by atoms with Gasteiger partial charge in [-0.15, -0.1) is 0 Å². The molecule has 3 amide bonds. The number of nitrogens with one attached hydrogen (secondary N) is 1. The number of nitro benzene ring substituents is 1. The van der Waals surface area contributed by atoms with Crippen molar-refractivity contribution in [3.8, 4) is 11.8 Å². The highest BCUT2D eigenvalue weighted by molar-refractivity contribution is 6.23. The molecule has 34 heavy (non-hydrogen) atoms.